The number of carbonyl (C=O) groups excluding carboxylic acids is 1. The van der Waals surface area contributed by atoms with Gasteiger partial charge in [-0.1, -0.05) is 37.3 Å². The molecule has 0 saturated heterocycles. The summed E-state index contributed by atoms with van der Waals surface area (Å²) in [4.78, 5) is 16.8. The van der Waals surface area contributed by atoms with E-state index in [0.717, 1.165) is 30.8 Å². The van der Waals surface area contributed by atoms with Crippen LogP contribution in [0.3, 0.4) is 0 Å². The van der Waals surface area contributed by atoms with Crippen molar-refractivity contribution in [2.45, 2.75) is 19.9 Å². The molecular formula is C19H24N2O. The van der Waals surface area contributed by atoms with E-state index >= 15 is 0 Å². The first kappa shape index (κ1) is 16.2. The number of amides is 1. The van der Waals surface area contributed by atoms with E-state index in [1.807, 2.05) is 61.5 Å². The quantitative estimate of drug-likeness (QED) is 0.809. The highest BCUT2D eigenvalue weighted by atomic mass is 16.2. The molecule has 0 spiro atoms. The lowest BCUT2D eigenvalue weighted by Gasteiger charge is -2.23. The van der Waals surface area contributed by atoms with Gasteiger partial charge in [0.15, 0.2) is 0 Å². The maximum absolute atomic E-state index is 12.8. The van der Waals surface area contributed by atoms with E-state index in [4.69, 9.17) is 0 Å². The van der Waals surface area contributed by atoms with Gasteiger partial charge in [0.05, 0.1) is 0 Å². The number of nitrogens with zero attached hydrogens (tertiary/aromatic N) is 2. The minimum atomic E-state index is 0.0597. The molecule has 0 bridgehead atoms. The van der Waals surface area contributed by atoms with Crippen LogP contribution in [0.2, 0.25) is 0 Å². The Morgan fingerprint density at radius 1 is 1.00 bits per heavy atom. The molecule has 0 aromatic heterocycles. The first-order valence-electron chi connectivity index (χ1n) is 7.72. The third-order valence-corrected chi connectivity index (χ3v) is 3.43. The predicted molar refractivity (Wildman–Crippen MR) is 92.2 cm³/mol. The molecule has 0 unspecified atom stereocenters. The summed E-state index contributed by atoms with van der Waals surface area (Å²) in [5.74, 6) is 0.0597. The number of rotatable bonds is 6. The van der Waals surface area contributed by atoms with E-state index in [9.17, 15) is 4.79 Å². The largest absolute Gasteiger partial charge is 0.308 e. The van der Waals surface area contributed by atoms with Crippen LogP contribution in [-0.4, -0.2) is 31.4 Å². The van der Waals surface area contributed by atoms with Gasteiger partial charge in [-0.15, -0.1) is 0 Å². The molecule has 116 valence electrons. The van der Waals surface area contributed by atoms with Crippen molar-refractivity contribution in [1.82, 2.24) is 4.90 Å². The van der Waals surface area contributed by atoms with Gasteiger partial charge >= 0.3 is 0 Å². The second-order valence-electron chi connectivity index (χ2n) is 5.73. The molecule has 0 heterocycles. The first-order chi connectivity index (χ1) is 10.6. The molecule has 0 saturated carbocycles. The second-order valence-corrected chi connectivity index (χ2v) is 5.73. The number of anilines is 1. The van der Waals surface area contributed by atoms with Gasteiger partial charge in [-0.2, -0.15) is 0 Å². The molecule has 1 amide bonds. The normalized spacial score (nSPS) is 10.7. The summed E-state index contributed by atoms with van der Waals surface area (Å²) >= 11 is 0. The molecular weight excluding hydrogens is 272 g/mol. The molecule has 0 radical (unpaired) electrons. The zero-order valence-electron chi connectivity index (χ0n) is 13.6. The Morgan fingerprint density at radius 2 is 1.73 bits per heavy atom. The number of hydrogen-bond donors (Lipinski definition) is 0. The van der Waals surface area contributed by atoms with Gasteiger partial charge in [0.25, 0.3) is 5.91 Å². The maximum atomic E-state index is 12.8. The average molecular weight is 296 g/mol. The van der Waals surface area contributed by atoms with Crippen molar-refractivity contribution in [3.05, 3.63) is 65.7 Å². The highest BCUT2D eigenvalue weighted by Crippen LogP contribution is 2.20. The van der Waals surface area contributed by atoms with E-state index in [1.165, 1.54) is 5.56 Å². The lowest BCUT2D eigenvalue weighted by molar-refractivity contribution is 0.0987. The van der Waals surface area contributed by atoms with Crippen LogP contribution < -0.4 is 4.90 Å². The average Bonchev–Trinajstić information content (AvgIpc) is 2.52. The molecule has 0 N–H and O–H groups in total. The summed E-state index contributed by atoms with van der Waals surface area (Å²) in [6, 6.07) is 17.7. The minimum absolute atomic E-state index is 0.0597. The van der Waals surface area contributed by atoms with Crippen LogP contribution in [0.25, 0.3) is 0 Å². The molecule has 3 heteroatoms. The topological polar surface area (TPSA) is 23.6 Å². The van der Waals surface area contributed by atoms with Crippen LogP contribution in [0.1, 0.15) is 29.3 Å². The van der Waals surface area contributed by atoms with Crippen LogP contribution >= 0.6 is 0 Å². The summed E-state index contributed by atoms with van der Waals surface area (Å²) in [5.41, 5.74) is 2.91. The maximum Gasteiger partial charge on any atom is 0.258 e. The first-order valence-corrected chi connectivity index (χ1v) is 7.72. The van der Waals surface area contributed by atoms with E-state index < -0.39 is 0 Å². The van der Waals surface area contributed by atoms with E-state index in [1.54, 1.807) is 0 Å². The molecule has 0 aliphatic heterocycles. The van der Waals surface area contributed by atoms with E-state index in [2.05, 4.69) is 24.0 Å². The lowest BCUT2D eigenvalue weighted by atomic mass is 10.1. The van der Waals surface area contributed by atoms with Crippen LogP contribution in [0.5, 0.6) is 0 Å². The third kappa shape index (κ3) is 4.18. The molecule has 3 nitrogen and oxygen atoms in total. The summed E-state index contributed by atoms with van der Waals surface area (Å²) in [7, 11) is 4.09. The number of hydrogen-bond acceptors (Lipinski definition) is 2. The lowest BCUT2D eigenvalue weighted by Crippen LogP contribution is -2.31. The zero-order valence-corrected chi connectivity index (χ0v) is 13.6. The Balaban J connectivity index is 2.29. The van der Waals surface area contributed by atoms with Gasteiger partial charge in [0, 0.05) is 24.3 Å². The van der Waals surface area contributed by atoms with Crippen molar-refractivity contribution >= 4 is 11.6 Å². The Morgan fingerprint density at radius 3 is 2.36 bits per heavy atom. The fourth-order valence-electron chi connectivity index (χ4n) is 2.50. The zero-order chi connectivity index (χ0) is 15.9. The summed E-state index contributed by atoms with van der Waals surface area (Å²) in [6.45, 7) is 3.68. The highest BCUT2D eigenvalue weighted by Gasteiger charge is 2.16. The molecule has 0 atom stereocenters. The smallest absolute Gasteiger partial charge is 0.258 e. The van der Waals surface area contributed by atoms with Gasteiger partial charge in [-0.05, 0) is 50.3 Å². The van der Waals surface area contributed by atoms with Gasteiger partial charge < -0.3 is 9.80 Å². The monoisotopic (exact) mass is 296 g/mol. The molecule has 2 aromatic rings. The fourth-order valence-corrected chi connectivity index (χ4v) is 2.50. The van der Waals surface area contributed by atoms with Crippen LogP contribution in [0, 0.1) is 0 Å². The Bertz CT molecular complexity index is 608. The molecule has 22 heavy (non-hydrogen) atoms. The Hall–Kier alpha value is -2.13. The van der Waals surface area contributed by atoms with Crippen molar-refractivity contribution in [3.63, 3.8) is 0 Å². The summed E-state index contributed by atoms with van der Waals surface area (Å²) in [5, 5.41) is 0. The summed E-state index contributed by atoms with van der Waals surface area (Å²) < 4.78 is 0. The van der Waals surface area contributed by atoms with Crippen molar-refractivity contribution in [1.29, 1.82) is 0 Å². The van der Waals surface area contributed by atoms with E-state index in [0.29, 0.717) is 0 Å². The summed E-state index contributed by atoms with van der Waals surface area (Å²) in [6.07, 6.45) is 0.927. The van der Waals surface area contributed by atoms with Crippen molar-refractivity contribution in [2.24, 2.45) is 0 Å². The van der Waals surface area contributed by atoms with Gasteiger partial charge in [0.2, 0.25) is 0 Å². The number of carbonyl (C=O) groups is 1. The predicted octanol–water partition coefficient (Wildman–Crippen LogP) is 3.81. The standard InChI is InChI=1S/C19H24N2O/c1-4-13-21(19(22)17-10-6-5-7-11-17)18-12-8-9-16(14-18)15-20(2)3/h5-12,14H,4,13,15H2,1-3H3. The van der Waals surface area contributed by atoms with Crippen LogP contribution in [0.15, 0.2) is 54.6 Å². The molecule has 2 rings (SSSR count). The third-order valence-electron chi connectivity index (χ3n) is 3.43. The Kier molecular flexibility index (Phi) is 5.73. The molecule has 0 fully saturated rings. The molecule has 0 aliphatic carbocycles. The van der Waals surface area contributed by atoms with Crippen LogP contribution in [-0.2, 0) is 6.54 Å². The van der Waals surface area contributed by atoms with Crippen molar-refractivity contribution in [3.8, 4) is 0 Å². The van der Waals surface area contributed by atoms with E-state index in [-0.39, 0.29) is 5.91 Å². The van der Waals surface area contributed by atoms with Gasteiger partial charge in [-0.3, -0.25) is 4.79 Å². The Labute approximate surface area is 133 Å². The fraction of sp³-hybridized carbons (Fsp3) is 0.316. The second kappa shape index (κ2) is 7.76. The SMILES string of the molecule is CCCN(C(=O)c1ccccc1)c1cccc(CN(C)C)c1. The van der Waals surface area contributed by atoms with Gasteiger partial charge in [-0.25, -0.2) is 0 Å². The van der Waals surface area contributed by atoms with Gasteiger partial charge in [0.1, 0.15) is 0 Å². The molecule has 0 aliphatic rings. The van der Waals surface area contributed by atoms with Crippen molar-refractivity contribution in [2.75, 3.05) is 25.5 Å². The number of benzene rings is 2. The minimum Gasteiger partial charge on any atom is -0.308 e. The van der Waals surface area contributed by atoms with Crippen LogP contribution in [0.4, 0.5) is 5.69 Å². The molecule has 2 aromatic carbocycles. The van der Waals surface area contributed by atoms with Crippen molar-refractivity contribution < 1.29 is 4.79 Å². The highest BCUT2D eigenvalue weighted by molar-refractivity contribution is 6.06.